The van der Waals surface area contributed by atoms with Gasteiger partial charge in [-0.1, -0.05) is 23.7 Å². The van der Waals surface area contributed by atoms with Gasteiger partial charge in [-0.25, -0.2) is 0 Å². The number of carbonyl (C=O) groups is 2. The van der Waals surface area contributed by atoms with Crippen LogP contribution in [0.1, 0.15) is 32.8 Å². The predicted octanol–water partition coefficient (Wildman–Crippen LogP) is 3.65. The van der Waals surface area contributed by atoms with E-state index in [-0.39, 0.29) is 24.8 Å². The molecule has 0 fully saturated rings. The molecule has 0 bridgehead atoms. The molecule has 0 spiro atoms. The summed E-state index contributed by atoms with van der Waals surface area (Å²) >= 11 is 7.32. The normalized spacial score (nSPS) is 10.1. The van der Waals surface area contributed by atoms with Crippen molar-refractivity contribution < 1.29 is 9.59 Å². The van der Waals surface area contributed by atoms with Crippen LogP contribution in [0.25, 0.3) is 0 Å². The van der Waals surface area contributed by atoms with Crippen molar-refractivity contribution in [3.63, 3.8) is 0 Å². The largest absolute Gasteiger partial charge is 0.351 e. The fourth-order valence-electron chi connectivity index (χ4n) is 2.07. The van der Waals surface area contributed by atoms with Crippen LogP contribution in [0.15, 0.2) is 24.3 Å². The summed E-state index contributed by atoms with van der Waals surface area (Å²) in [6.45, 7) is 3.94. The van der Waals surface area contributed by atoms with Crippen molar-refractivity contribution in [2.75, 3.05) is 11.9 Å². The average Bonchev–Trinajstić information content (AvgIpc) is 2.81. The van der Waals surface area contributed by atoms with E-state index in [9.17, 15) is 9.59 Å². The fourth-order valence-corrected chi connectivity index (χ4v) is 3.32. The lowest BCUT2D eigenvalue weighted by atomic mass is 10.2. The third-order valence-corrected chi connectivity index (χ3v) is 4.96. The van der Waals surface area contributed by atoms with Crippen LogP contribution in [0.3, 0.4) is 0 Å². The molecule has 5 nitrogen and oxygen atoms in total. The van der Waals surface area contributed by atoms with Gasteiger partial charge in [0, 0.05) is 17.8 Å². The van der Waals surface area contributed by atoms with Gasteiger partial charge in [-0.05, 0) is 31.5 Å². The molecule has 2 aromatic rings. The minimum Gasteiger partial charge on any atom is -0.351 e. The van der Waals surface area contributed by atoms with Gasteiger partial charge in [-0.15, -0.1) is 11.3 Å². The van der Waals surface area contributed by atoms with Gasteiger partial charge in [0.25, 0.3) is 5.91 Å². The molecule has 0 unspecified atom stereocenters. The highest BCUT2D eigenvalue weighted by atomic mass is 35.5. The Balaban J connectivity index is 1.88. The van der Waals surface area contributed by atoms with Crippen molar-refractivity contribution in [1.29, 1.82) is 5.26 Å². The Kier molecular flexibility index (Phi) is 5.96. The van der Waals surface area contributed by atoms with E-state index in [1.54, 1.807) is 24.3 Å². The quantitative estimate of drug-likeness (QED) is 0.852. The first-order valence-electron chi connectivity index (χ1n) is 7.26. The highest BCUT2D eigenvalue weighted by Gasteiger charge is 2.15. The number of halogens is 1. The number of nitriles is 1. The summed E-state index contributed by atoms with van der Waals surface area (Å²) in [5.74, 6) is -0.582. The number of amides is 2. The number of carbonyl (C=O) groups excluding carboxylic acids is 2. The molecule has 0 radical (unpaired) electrons. The number of aryl methyl sites for hydroxylation is 1. The summed E-state index contributed by atoms with van der Waals surface area (Å²) in [6, 6.07) is 8.82. The highest BCUT2D eigenvalue weighted by Crippen LogP contribution is 2.31. The van der Waals surface area contributed by atoms with Crippen LogP contribution >= 0.6 is 22.9 Å². The standard InChI is InChI=1S/C17H16ClN3O2S/c1-10-11(2)24-17(13(10)9-19)21-15(22)7-8-20-16(23)12-5-3-4-6-14(12)18/h3-6H,7-8H2,1-2H3,(H,20,23)(H,21,22). The zero-order valence-electron chi connectivity index (χ0n) is 13.3. The van der Waals surface area contributed by atoms with Crippen molar-refractivity contribution in [3.05, 3.63) is 50.9 Å². The maximum absolute atomic E-state index is 12.0. The molecule has 0 aliphatic heterocycles. The first-order valence-corrected chi connectivity index (χ1v) is 8.46. The Morgan fingerprint density at radius 1 is 1.29 bits per heavy atom. The molecule has 0 saturated heterocycles. The monoisotopic (exact) mass is 361 g/mol. The van der Waals surface area contributed by atoms with Gasteiger partial charge in [0.05, 0.1) is 16.1 Å². The molecule has 2 N–H and O–H groups in total. The molecule has 0 atom stereocenters. The molecule has 1 aromatic heterocycles. The predicted molar refractivity (Wildman–Crippen MR) is 95.5 cm³/mol. The van der Waals surface area contributed by atoms with Crippen molar-refractivity contribution >= 4 is 39.8 Å². The van der Waals surface area contributed by atoms with E-state index in [1.807, 2.05) is 13.8 Å². The Bertz CT molecular complexity index is 824. The lowest BCUT2D eigenvalue weighted by molar-refractivity contribution is -0.116. The minimum absolute atomic E-state index is 0.108. The molecule has 0 aliphatic carbocycles. The molecule has 0 saturated carbocycles. The second-order valence-corrected chi connectivity index (χ2v) is 6.77. The Morgan fingerprint density at radius 2 is 2.00 bits per heavy atom. The van der Waals surface area contributed by atoms with Crippen LogP contribution in [0.4, 0.5) is 5.00 Å². The van der Waals surface area contributed by atoms with E-state index >= 15 is 0 Å². The topological polar surface area (TPSA) is 82.0 Å². The Hall–Kier alpha value is -2.36. The molecule has 24 heavy (non-hydrogen) atoms. The Labute approximate surface area is 149 Å². The minimum atomic E-state index is -0.325. The van der Waals surface area contributed by atoms with Crippen LogP contribution < -0.4 is 10.6 Å². The van der Waals surface area contributed by atoms with Crippen LogP contribution in [-0.4, -0.2) is 18.4 Å². The van der Waals surface area contributed by atoms with Gasteiger partial charge in [-0.3, -0.25) is 9.59 Å². The van der Waals surface area contributed by atoms with E-state index in [4.69, 9.17) is 16.9 Å². The number of benzene rings is 1. The van der Waals surface area contributed by atoms with Crippen molar-refractivity contribution in [1.82, 2.24) is 5.32 Å². The molecular formula is C17H16ClN3O2S. The first kappa shape index (κ1) is 18.0. The Morgan fingerprint density at radius 3 is 2.67 bits per heavy atom. The van der Waals surface area contributed by atoms with E-state index in [2.05, 4.69) is 16.7 Å². The first-order chi connectivity index (χ1) is 11.4. The average molecular weight is 362 g/mol. The number of nitrogens with zero attached hydrogens (tertiary/aromatic N) is 1. The SMILES string of the molecule is Cc1sc(NC(=O)CCNC(=O)c2ccccc2Cl)c(C#N)c1C. The van der Waals surface area contributed by atoms with Gasteiger partial charge in [0.15, 0.2) is 0 Å². The zero-order valence-corrected chi connectivity index (χ0v) is 14.8. The van der Waals surface area contributed by atoms with Crippen molar-refractivity contribution in [3.8, 4) is 6.07 Å². The summed E-state index contributed by atoms with van der Waals surface area (Å²) in [4.78, 5) is 25.0. The third-order valence-electron chi connectivity index (χ3n) is 3.51. The van der Waals surface area contributed by atoms with Gasteiger partial charge in [0.1, 0.15) is 11.1 Å². The van der Waals surface area contributed by atoms with Gasteiger partial charge in [-0.2, -0.15) is 5.26 Å². The maximum Gasteiger partial charge on any atom is 0.252 e. The maximum atomic E-state index is 12.0. The number of hydrogen-bond acceptors (Lipinski definition) is 4. The van der Waals surface area contributed by atoms with E-state index < -0.39 is 0 Å². The molecule has 1 aromatic carbocycles. The summed E-state index contributed by atoms with van der Waals surface area (Å²) in [7, 11) is 0. The molecule has 1 heterocycles. The number of thiophene rings is 1. The number of anilines is 1. The second-order valence-electron chi connectivity index (χ2n) is 5.13. The molecular weight excluding hydrogens is 346 g/mol. The van der Waals surface area contributed by atoms with Crippen LogP contribution in [-0.2, 0) is 4.79 Å². The van der Waals surface area contributed by atoms with Crippen LogP contribution in [0, 0.1) is 25.2 Å². The highest BCUT2D eigenvalue weighted by molar-refractivity contribution is 7.16. The van der Waals surface area contributed by atoms with Crippen LogP contribution in [0.2, 0.25) is 5.02 Å². The molecule has 7 heteroatoms. The lowest BCUT2D eigenvalue weighted by Crippen LogP contribution is -2.27. The number of hydrogen-bond donors (Lipinski definition) is 2. The molecule has 124 valence electrons. The smallest absolute Gasteiger partial charge is 0.252 e. The second kappa shape index (κ2) is 7.95. The molecule has 2 amide bonds. The number of nitrogens with one attached hydrogen (secondary N) is 2. The van der Waals surface area contributed by atoms with Crippen molar-refractivity contribution in [2.45, 2.75) is 20.3 Å². The summed E-state index contributed by atoms with van der Waals surface area (Å²) in [5, 5.41) is 15.5. The summed E-state index contributed by atoms with van der Waals surface area (Å²) in [6.07, 6.45) is 0.108. The van der Waals surface area contributed by atoms with E-state index in [0.29, 0.717) is 21.2 Å². The number of rotatable bonds is 5. The molecule has 2 rings (SSSR count). The van der Waals surface area contributed by atoms with Gasteiger partial charge in [0.2, 0.25) is 5.91 Å². The third kappa shape index (κ3) is 4.13. The zero-order chi connectivity index (χ0) is 17.7. The van der Waals surface area contributed by atoms with Gasteiger partial charge < -0.3 is 10.6 Å². The van der Waals surface area contributed by atoms with Gasteiger partial charge >= 0.3 is 0 Å². The van der Waals surface area contributed by atoms with E-state index in [1.165, 1.54) is 11.3 Å². The van der Waals surface area contributed by atoms with Crippen LogP contribution in [0.5, 0.6) is 0 Å². The molecule has 0 aliphatic rings. The summed E-state index contributed by atoms with van der Waals surface area (Å²) < 4.78 is 0. The fraction of sp³-hybridized carbons (Fsp3) is 0.235. The lowest BCUT2D eigenvalue weighted by Gasteiger charge is -2.07. The van der Waals surface area contributed by atoms with E-state index in [0.717, 1.165) is 10.4 Å². The summed E-state index contributed by atoms with van der Waals surface area (Å²) in [5.41, 5.74) is 1.74. The van der Waals surface area contributed by atoms with Crippen molar-refractivity contribution in [2.24, 2.45) is 0 Å².